The molecule has 2 aromatic carbocycles. The number of hydrogen-bond donors (Lipinski definition) is 2. The molecule has 1 aromatic heterocycles. The summed E-state index contributed by atoms with van der Waals surface area (Å²) in [7, 11) is -4.05. The van der Waals surface area contributed by atoms with Crippen LogP contribution in [0.2, 0.25) is 0 Å². The summed E-state index contributed by atoms with van der Waals surface area (Å²) in [4.78, 5) is 19.4. The highest BCUT2D eigenvalue weighted by Gasteiger charge is 2.23. The van der Waals surface area contributed by atoms with E-state index in [9.17, 15) is 22.4 Å². The fraction of sp³-hybridized carbons (Fsp3) is 0.500. The second-order valence-electron chi connectivity index (χ2n) is 10.8. The second kappa shape index (κ2) is 22.0. The monoisotopic (exact) mass is 633 g/mol. The molecule has 3 aromatic rings. The number of ketones is 1. The number of hydrogen-bond acceptors (Lipinski definition) is 6. The minimum Gasteiger partial charge on any atom is -0.359 e. The smallest absolute Gasteiger partial charge is 0.263 e. The molecule has 0 spiro atoms. The van der Waals surface area contributed by atoms with Crippen LogP contribution in [-0.2, 0) is 26.0 Å². The van der Waals surface area contributed by atoms with Crippen molar-refractivity contribution in [1.29, 1.82) is 0 Å². The van der Waals surface area contributed by atoms with E-state index in [1.807, 2.05) is 38.1 Å². The van der Waals surface area contributed by atoms with Gasteiger partial charge in [0.1, 0.15) is 5.78 Å². The molecule has 0 bridgehead atoms. The summed E-state index contributed by atoms with van der Waals surface area (Å²) < 4.78 is 46.7. The normalized spacial score (nSPS) is 11.1. The molecule has 0 aliphatic carbocycles. The predicted molar refractivity (Wildman–Crippen MR) is 178 cm³/mol. The maximum atomic E-state index is 14.0. The Kier molecular flexibility index (Phi) is 20.3. The Morgan fingerprint density at radius 2 is 1.61 bits per heavy atom. The van der Waals surface area contributed by atoms with E-state index in [2.05, 4.69) is 49.8 Å². The van der Waals surface area contributed by atoms with Crippen molar-refractivity contribution in [3.05, 3.63) is 65.7 Å². The van der Waals surface area contributed by atoms with Crippen LogP contribution in [0, 0.1) is 24.6 Å². The van der Waals surface area contributed by atoms with Gasteiger partial charge in [-0.1, -0.05) is 95.6 Å². The largest absolute Gasteiger partial charge is 0.359 e. The number of nitrogens with zero attached hydrogens (tertiary/aromatic N) is 1. The number of anilines is 1. The first kappa shape index (κ1) is 40.5. The number of nitrogens with one attached hydrogen (secondary N) is 2. The van der Waals surface area contributed by atoms with Crippen molar-refractivity contribution in [3.8, 4) is 11.1 Å². The van der Waals surface area contributed by atoms with Gasteiger partial charge in [-0.05, 0) is 69.1 Å². The average molecular weight is 634 g/mol. The molecular formula is C34H52FN3O5S. The minimum atomic E-state index is -4.05. The number of rotatable bonds is 12. The summed E-state index contributed by atoms with van der Waals surface area (Å²) >= 11 is 0. The predicted octanol–water partition coefficient (Wildman–Crippen LogP) is 8.36. The van der Waals surface area contributed by atoms with E-state index < -0.39 is 21.7 Å². The number of aryl methyl sites for hydroxylation is 2. The Morgan fingerprint density at radius 3 is 2.02 bits per heavy atom. The van der Waals surface area contributed by atoms with Crippen molar-refractivity contribution in [2.24, 2.45) is 11.8 Å². The maximum Gasteiger partial charge on any atom is 0.263 e. The van der Waals surface area contributed by atoms with E-state index >= 15 is 0 Å². The van der Waals surface area contributed by atoms with Gasteiger partial charge >= 0.3 is 0 Å². The fourth-order valence-corrected chi connectivity index (χ4v) is 4.78. The van der Waals surface area contributed by atoms with Crippen LogP contribution in [0.3, 0.4) is 0 Å². The van der Waals surface area contributed by atoms with Gasteiger partial charge in [-0.2, -0.15) is 4.39 Å². The first-order valence-electron chi connectivity index (χ1n) is 15.3. The molecule has 0 aliphatic rings. The molecule has 0 aliphatic heterocycles. The number of aromatic nitrogens is 1. The maximum absolute atomic E-state index is 14.0. The molecule has 10 heteroatoms. The van der Waals surface area contributed by atoms with E-state index in [4.69, 9.17) is 4.52 Å². The lowest BCUT2D eigenvalue weighted by molar-refractivity contribution is -0.117. The molecule has 246 valence electrons. The van der Waals surface area contributed by atoms with Crippen molar-refractivity contribution in [2.75, 3.05) is 11.3 Å². The Bertz CT molecular complexity index is 1340. The lowest BCUT2D eigenvalue weighted by Crippen LogP contribution is -2.15. The lowest BCUT2D eigenvalue weighted by Gasteiger charge is -2.15. The van der Waals surface area contributed by atoms with E-state index in [1.165, 1.54) is 25.0 Å². The standard InChI is InChI=1S/C23H27FN2O3S.C5H10O.C3H7NO.C3H8/c1-15(2)16(3)9-10-18-11-13-19(14-12-18)20-7-5-6-8-21(20)30(27,28)26-23-22(24)17(4)29-25-23;1-3-4-5(2)6;1-2-4-3-5;1-3-2/h5-8,11-16H,9-10H2,1-4H3,(H,25,26);3-4H2,1-2H3;3H,2H2,1H3,(H,4,5);3H2,1-2H3. The number of benzene rings is 2. The Balaban J connectivity index is 0.00000110. The Hall–Kier alpha value is -3.53. The molecule has 1 amide bonds. The zero-order chi connectivity index (χ0) is 33.7. The summed E-state index contributed by atoms with van der Waals surface area (Å²) in [5.41, 5.74) is 2.52. The van der Waals surface area contributed by atoms with Crippen molar-refractivity contribution >= 4 is 28.0 Å². The summed E-state index contributed by atoms with van der Waals surface area (Å²) in [6, 6.07) is 14.5. The van der Waals surface area contributed by atoms with Gasteiger partial charge in [-0.15, -0.1) is 0 Å². The van der Waals surface area contributed by atoms with Crippen LogP contribution < -0.4 is 10.0 Å². The topological polar surface area (TPSA) is 118 Å². The van der Waals surface area contributed by atoms with Crippen LogP contribution in [0.1, 0.15) is 92.4 Å². The highest BCUT2D eigenvalue weighted by atomic mass is 32.2. The van der Waals surface area contributed by atoms with Crippen LogP contribution in [-0.4, -0.2) is 32.3 Å². The molecule has 1 atom stereocenters. The molecule has 2 N–H and O–H groups in total. The van der Waals surface area contributed by atoms with Gasteiger partial charge in [-0.25, -0.2) is 8.42 Å². The number of halogens is 1. The van der Waals surface area contributed by atoms with Crippen LogP contribution in [0.4, 0.5) is 10.2 Å². The van der Waals surface area contributed by atoms with E-state index in [0.717, 1.165) is 37.8 Å². The van der Waals surface area contributed by atoms with Gasteiger partial charge in [0.2, 0.25) is 18.0 Å². The number of carbonyl (C=O) groups excluding carboxylic acids is 2. The number of carbonyl (C=O) groups is 2. The number of sulfonamides is 1. The molecule has 0 saturated heterocycles. The van der Waals surface area contributed by atoms with Gasteiger partial charge in [0, 0.05) is 18.5 Å². The molecule has 1 heterocycles. The first-order chi connectivity index (χ1) is 20.8. The highest BCUT2D eigenvalue weighted by molar-refractivity contribution is 7.92. The molecule has 8 nitrogen and oxygen atoms in total. The summed E-state index contributed by atoms with van der Waals surface area (Å²) in [5, 5.41) is 5.88. The Morgan fingerprint density at radius 1 is 1.02 bits per heavy atom. The van der Waals surface area contributed by atoms with Gasteiger partial charge in [-0.3, -0.25) is 9.52 Å². The van der Waals surface area contributed by atoms with Crippen LogP contribution >= 0.6 is 0 Å². The SMILES string of the molecule is CCC.CCCC(C)=O.CCNC=O.Cc1onc(NS(=O)(=O)c2ccccc2-c2ccc(CCC(C)C(C)C)cc2)c1F. The second-order valence-corrected chi connectivity index (χ2v) is 12.4. The zero-order valence-corrected chi connectivity index (χ0v) is 28.7. The lowest BCUT2D eigenvalue weighted by atomic mass is 9.91. The highest BCUT2D eigenvalue weighted by Crippen LogP contribution is 2.30. The molecule has 44 heavy (non-hydrogen) atoms. The summed E-state index contributed by atoms with van der Waals surface area (Å²) in [6.45, 7) is 18.5. The molecule has 0 radical (unpaired) electrons. The number of Topliss-reactive ketones (excluding diaryl/α,β-unsaturated/α-hetero) is 1. The van der Waals surface area contributed by atoms with Gasteiger partial charge in [0.25, 0.3) is 10.0 Å². The van der Waals surface area contributed by atoms with Crippen molar-refractivity contribution in [2.45, 2.75) is 99.3 Å². The van der Waals surface area contributed by atoms with Crippen LogP contribution in [0.15, 0.2) is 57.9 Å². The zero-order valence-electron chi connectivity index (χ0n) is 27.9. The van der Waals surface area contributed by atoms with Crippen molar-refractivity contribution in [3.63, 3.8) is 0 Å². The van der Waals surface area contributed by atoms with Gasteiger partial charge in [0.15, 0.2) is 5.76 Å². The quantitative estimate of drug-likeness (QED) is 0.194. The molecule has 3 rings (SSSR count). The summed E-state index contributed by atoms with van der Waals surface area (Å²) in [5.74, 6) is 0.225. The Labute approximate surface area is 264 Å². The fourth-order valence-electron chi connectivity index (χ4n) is 3.56. The van der Waals surface area contributed by atoms with Crippen LogP contribution in [0.25, 0.3) is 11.1 Å². The molecule has 0 fully saturated rings. The third-order valence-electron chi connectivity index (χ3n) is 6.38. The average Bonchev–Trinajstić information content (AvgIpc) is 3.29. The molecule has 0 saturated carbocycles. The number of amides is 1. The first-order valence-corrected chi connectivity index (χ1v) is 16.8. The summed E-state index contributed by atoms with van der Waals surface area (Å²) in [6.07, 6.45) is 5.73. The third-order valence-corrected chi connectivity index (χ3v) is 7.78. The van der Waals surface area contributed by atoms with E-state index in [1.54, 1.807) is 25.1 Å². The van der Waals surface area contributed by atoms with E-state index in [-0.39, 0.29) is 16.4 Å². The van der Waals surface area contributed by atoms with Gasteiger partial charge < -0.3 is 14.6 Å². The minimum absolute atomic E-state index is 0.0474. The van der Waals surface area contributed by atoms with Crippen LogP contribution in [0.5, 0.6) is 0 Å². The van der Waals surface area contributed by atoms with Gasteiger partial charge in [0.05, 0.1) is 4.90 Å². The molecule has 1 unspecified atom stereocenters. The van der Waals surface area contributed by atoms with Crippen molar-refractivity contribution < 1.29 is 26.9 Å². The van der Waals surface area contributed by atoms with E-state index in [0.29, 0.717) is 23.8 Å². The van der Waals surface area contributed by atoms with Crippen molar-refractivity contribution in [1.82, 2.24) is 10.5 Å². The third kappa shape index (κ3) is 15.3. The molecular weight excluding hydrogens is 581 g/mol.